The van der Waals surface area contributed by atoms with Gasteiger partial charge in [-0.05, 0) is 49.6 Å². The monoisotopic (exact) mass is 395 g/mol. The van der Waals surface area contributed by atoms with Crippen molar-refractivity contribution in [3.05, 3.63) is 59.5 Å². The highest BCUT2D eigenvalue weighted by Crippen LogP contribution is 2.36. The maximum Gasteiger partial charge on any atom is 0.345 e. The van der Waals surface area contributed by atoms with Crippen LogP contribution in [0.25, 0.3) is 27.2 Å². The number of carboxylic acids is 1. The number of carbonyl (C=O) groups is 1. The van der Waals surface area contributed by atoms with E-state index in [0.29, 0.717) is 11.3 Å². The Morgan fingerprint density at radius 2 is 2.07 bits per heavy atom. The Labute approximate surface area is 166 Å². The van der Waals surface area contributed by atoms with Crippen LogP contribution in [-0.2, 0) is 6.54 Å². The van der Waals surface area contributed by atoms with Gasteiger partial charge in [0.05, 0.1) is 22.2 Å². The number of carboxylic acid groups (broad SMARTS) is 1. The maximum absolute atomic E-state index is 11.4. The SMILES string of the molecule is Cc1cc(-n2ccnc2)ccc1-c1cc2sc(C(=O)O)cc2n1CCCCO. The Morgan fingerprint density at radius 3 is 2.75 bits per heavy atom. The molecule has 0 bridgehead atoms. The minimum Gasteiger partial charge on any atom is -0.477 e. The Bertz CT molecular complexity index is 1130. The van der Waals surface area contributed by atoms with Gasteiger partial charge in [0.1, 0.15) is 4.88 Å². The summed E-state index contributed by atoms with van der Waals surface area (Å²) < 4.78 is 5.11. The molecule has 1 aromatic carbocycles. The Morgan fingerprint density at radius 1 is 1.21 bits per heavy atom. The summed E-state index contributed by atoms with van der Waals surface area (Å²) >= 11 is 1.30. The van der Waals surface area contributed by atoms with E-state index in [1.807, 2.05) is 10.8 Å². The summed E-state index contributed by atoms with van der Waals surface area (Å²) in [5.41, 5.74) is 5.32. The van der Waals surface area contributed by atoms with Crippen LogP contribution in [0, 0.1) is 6.92 Å². The highest BCUT2D eigenvalue weighted by molar-refractivity contribution is 7.20. The summed E-state index contributed by atoms with van der Waals surface area (Å²) in [6, 6.07) is 10.1. The van der Waals surface area contributed by atoms with Crippen molar-refractivity contribution >= 4 is 27.5 Å². The molecule has 4 rings (SSSR count). The molecule has 6 nitrogen and oxygen atoms in total. The van der Waals surface area contributed by atoms with Crippen molar-refractivity contribution in [3.63, 3.8) is 0 Å². The second-order valence-electron chi connectivity index (χ2n) is 6.75. The predicted octanol–water partition coefficient (Wildman–Crippen LogP) is 4.33. The van der Waals surface area contributed by atoms with Crippen LogP contribution >= 0.6 is 11.3 Å². The molecule has 2 N–H and O–H groups in total. The van der Waals surface area contributed by atoms with Gasteiger partial charge in [-0.2, -0.15) is 0 Å². The molecular formula is C21H21N3O3S. The molecule has 28 heavy (non-hydrogen) atoms. The molecule has 4 aromatic rings. The van der Waals surface area contributed by atoms with Gasteiger partial charge < -0.3 is 19.3 Å². The lowest BCUT2D eigenvalue weighted by molar-refractivity contribution is 0.0702. The Hall–Kier alpha value is -2.90. The van der Waals surface area contributed by atoms with Gasteiger partial charge in [-0.25, -0.2) is 9.78 Å². The highest BCUT2D eigenvalue weighted by Gasteiger charge is 2.17. The molecule has 144 valence electrons. The van der Waals surface area contributed by atoms with E-state index in [-0.39, 0.29) is 6.61 Å². The number of benzene rings is 1. The normalized spacial score (nSPS) is 11.4. The zero-order chi connectivity index (χ0) is 19.7. The lowest BCUT2D eigenvalue weighted by Crippen LogP contribution is -2.02. The molecule has 0 saturated heterocycles. The van der Waals surface area contributed by atoms with Crippen LogP contribution in [0.4, 0.5) is 0 Å². The van der Waals surface area contributed by atoms with Crippen molar-refractivity contribution in [2.24, 2.45) is 0 Å². The number of hydrogen-bond donors (Lipinski definition) is 2. The maximum atomic E-state index is 11.4. The number of aromatic nitrogens is 3. The van der Waals surface area contributed by atoms with Gasteiger partial charge in [-0.1, -0.05) is 6.07 Å². The predicted molar refractivity (Wildman–Crippen MR) is 110 cm³/mol. The summed E-state index contributed by atoms with van der Waals surface area (Å²) in [6.45, 7) is 2.97. The zero-order valence-corrected chi connectivity index (χ0v) is 16.3. The van der Waals surface area contributed by atoms with E-state index in [4.69, 9.17) is 5.11 Å². The van der Waals surface area contributed by atoms with Crippen molar-refractivity contribution in [1.82, 2.24) is 14.1 Å². The Kier molecular flexibility index (Phi) is 5.02. The van der Waals surface area contributed by atoms with Crippen LogP contribution < -0.4 is 0 Å². The zero-order valence-electron chi connectivity index (χ0n) is 15.5. The van der Waals surface area contributed by atoms with Gasteiger partial charge in [0.25, 0.3) is 0 Å². The quantitative estimate of drug-likeness (QED) is 0.456. The number of fused-ring (bicyclic) bond motifs is 1. The number of nitrogens with zero attached hydrogens (tertiary/aromatic N) is 3. The molecule has 0 amide bonds. The number of aliphatic hydroxyl groups is 1. The van der Waals surface area contributed by atoms with Crippen LogP contribution in [0.1, 0.15) is 28.1 Å². The van der Waals surface area contributed by atoms with Crippen LogP contribution in [0.15, 0.2) is 49.1 Å². The first-order valence-corrected chi connectivity index (χ1v) is 9.96. The van der Waals surface area contributed by atoms with E-state index in [1.165, 1.54) is 11.3 Å². The average Bonchev–Trinajstić information content (AvgIpc) is 3.39. The van der Waals surface area contributed by atoms with Crippen molar-refractivity contribution < 1.29 is 15.0 Å². The lowest BCUT2D eigenvalue weighted by Gasteiger charge is -2.14. The molecule has 0 aliphatic heterocycles. The molecule has 3 heterocycles. The number of rotatable bonds is 7. The molecule has 0 radical (unpaired) electrons. The van der Waals surface area contributed by atoms with E-state index in [2.05, 4.69) is 40.7 Å². The summed E-state index contributed by atoms with van der Waals surface area (Å²) in [4.78, 5) is 15.8. The van der Waals surface area contributed by atoms with E-state index in [0.717, 1.165) is 45.7 Å². The van der Waals surface area contributed by atoms with Crippen molar-refractivity contribution in [3.8, 4) is 16.9 Å². The standard InChI is InChI=1S/C21H21N3O3S/c1-14-10-15(23-8-6-22-13-23)4-5-16(14)17-11-19-18(12-20(28-19)21(26)27)24(17)7-2-3-9-25/h4-6,8,10-13,25H,2-3,7,9H2,1H3,(H,26,27). The van der Waals surface area contributed by atoms with E-state index in [1.54, 1.807) is 18.6 Å². The molecule has 0 aliphatic carbocycles. The van der Waals surface area contributed by atoms with Gasteiger partial charge in [-0.15, -0.1) is 11.3 Å². The smallest absolute Gasteiger partial charge is 0.345 e. The molecule has 0 unspecified atom stereocenters. The first kappa shape index (κ1) is 18.5. The van der Waals surface area contributed by atoms with Gasteiger partial charge in [0.15, 0.2) is 0 Å². The van der Waals surface area contributed by atoms with E-state index in [9.17, 15) is 9.90 Å². The van der Waals surface area contributed by atoms with Crippen molar-refractivity contribution in [2.75, 3.05) is 6.61 Å². The summed E-state index contributed by atoms with van der Waals surface area (Å²) in [7, 11) is 0. The number of imidazole rings is 1. The fraction of sp³-hybridized carbons (Fsp3) is 0.238. The van der Waals surface area contributed by atoms with Crippen molar-refractivity contribution in [2.45, 2.75) is 26.3 Å². The van der Waals surface area contributed by atoms with Gasteiger partial charge in [0.2, 0.25) is 0 Å². The molecule has 0 aliphatic rings. The fourth-order valence-electron chi connectivity index (χ4n) is 3.50. The Balaban J connectivity index is 1.79. The van der Waals surface area contributed by atoms with Crippen LogP contribution in [-0.4, -0.2) is 36.9 Å². The first-order valence-electron chi connectivity index (χ1n) is 9.15. The first-order chi connectivity index (χ1) is 13.6. The minimum atomic E-state index is -0.898. The molecule has 0 atom stereocenters. The molecule has 0 fully saturated rings. The van der Waals surface area contributed by atoms with Crippen LogP contribution in [0.2, 0.25) is 0 Å². The third kappa shape index (κ3) is 3.34. The van der Waals surface area contributed by atoms with E-state index >= 15 is 0 Å². The molecular weight excluding hydrogens is 374 g/mol. The third-order valence-corrected chi connectivity index (χ3v) is 5.94. The largest absolute Gasteiger partial charge is 0.477 e. The number of aliphatic hydroxyl groups excluding tert-OH is 1. The van der Waals surface area contributed by atoms with Gasteiger partial charge in [0, 0.05) is 36.8 Å². The number of thiophene rings is 1. The number of aryl methyl sites for hydroxylation is 2. The summed E-state index contributed by atoms with van der Waals surface area (Å²) in [6.07, 6.45) is 6.99. The third-order valence-electron chi connectivity index (χ3n) is 4.88. The van der Waals surface area contributed by atoms with Gasteiger partial charge >= 0.3 is 5.97 Å². The number of unbranched alkanes of at least 4 members (excludes halogenated alkanes) is 1. The fourth-order valence-corrected chi connectivity index (χ4v) is 4.44. The van der Waals surface area contributed by atoms with Crippen LogP contribution in [0.3, 0.4) is 0 Å². The minimum absolute atomic E-state index is 0.155. The topological polar surface area (TPSA) is 80.3 Å². The van der Waals surface area contributed by atoms with E-state index < -0.39 is 5.97 Å². The number of aromatic carboxylic acids is 1. The van der Waals surface area contributed by atoms with Crippen molar-refractivity contribution in [1.29, 1.82) is 0 Å². The molecule has 0 saturated carbocycles. The molecule has 3 aromatic heterocycles. The highest BCUT2D eigenvalue weighted by atomic mass is 32.1. The second kappa shape index (κ2) is 7.61. The molecule has 0 spiro atoms. The average molecular weight is 395 g/mol. The second-order valence-corrected chi connectivity index (χ2v) is 7.83. The lowest BCUT2D eigenvalue weighted by atomic mass is 10.0. The summed E-state index contributed by atoms with van der Waals surface area (Å²) in [5.74, 6) is -0.898. The number of hydrogen-bond acceptors (Lipinski definition) is 4. The van der Waals surface area contributed by atoms with Crippen LogP contribution in [0.5, 0.6) is 0 Å². The summed E-state index contributed by atoms with van der Waals surface area (Å²) in [5, 5.41) is 18.5. The van der Waals surface area contributed by atoms with Gasteiger partial charge in [-0.3, -0.25) is 0 Å². The molecule has 7 heteroatoms.